The molecule has 0 radical (unpaired) electrons. The van der Waals surface area contributed by atoms with E-state index in [4.69, 9.17) is 38.7 Å². The van der Waals surface area contributed by atoms with Crippen molar-refractivity contribution in [1.29, 1.82) is 0 Å². The summed E-state index contributed by atoms with van der Waals surface area (Å²) < 4.78 is 18.1. The Bertz CT molecular complexity index is 8420. The van der Waals surface area contributed by atoms with E-state index in [2.05, 4.69) is 325 Å². The predicted octanol–water partition coefficient (Wildman–Crippen LogP) is 29.4. The maximum atomic E-state index is 6.75. The van der Waals surface area contributed by atoms with Crippen LogP contribution in [0.5, 0.6) is 0 Å². The zero-order valence-corrected chi connectivity index (χ0v) is 65.7. The third-order valence-corrected chi connectivity index (χ3v) is 24.1. The molecule has 10 nitrogen and oxygen atoms in total. The molecule has 0 unspecified atom stereocenters. The molecule has 6 heterocycles. The molecule has 25 aromatic rings. The minimum Gasteiger partial charge on any atom is -0.456 e. The monoisotopic (exact) mass is 1560 g/mol. The fourth-order valence-electron chi connectivity index (χ4n) is 18.4. The fraction of sp³-hybridized carbons (Fsp3) is 0. The summed E-state index contributed by atoms with van der Waals surface area (Å²) in [5, 5.41) is 19.1. The van der Waals surface area contributed by atoms with Gasteiger partial charge in [-0.1, -0.05) is 309 Å². The van der Waals surface area contributed by atoms with Gasteiger partial charge < -0.3 is 18.0 Å². The first kappa shape index (κ1) is 69.7. The molecule has 0 N–H and O–H groups in total. The molecule has 0 spiro atoms. The van der Waals surface area contributed by atoms with Gasteiger partial charge in [-0.15, -0.1) is 0 Å². The maximum Gasteiger partial charge on any atom is 0.164 e. The molecular formula is C112H68N8O2. The highest BCUT2D eigenvalue weighted by molar-refractivity contribution is 6.27. The topological polar surface area (TPSA) is 113 Å². The van der Waals surface area contributed by atoms with E-state index >= 15 is 0 Å². The van der Waals surface area contributed by atoms with E-state index in [9.17, 15) is 0 Å². The number of para-hydroxylation sites is 3. The number of rotatable bonds is 11. The van der Waals surface area contributed by atoms with E-state index in [-0.39, 0.29) is 0 Å². The van der Waals surface area contributed by atoms with Crippen molar-refractivity contribution in [2.45, 2.75) is 0 Å². The number of nitrogens with zero attached hydrogens (tertiary/aromatic N) is 8. The smallest absolute Gasteiger partial charge is 0.164 e. The van der Waals surface area contributed by atoms with E-state index < -0.39 is 0 Å². The number of aromatic nitrogens is 8. The number of benzene rings is 19. The minimum absolute atomic E-state index is 0.573. The zero-order chi connectivity index (χ0) is 80.3. The molecule has 0 bridgehead atoms. The van der Waals surface area contributed by atoms with Crippen LogP contribution in [0.3, 0.4) is 0 Å². The van der Waals surface area contributed by atoms with Gasteiger partial charge in [0.05, 0.1) is 22.1 Å². The lowest BCUT2D eigenvalue weighted by Gasteiger charge is -2.13. The standard InChI is InChI=1S/C67H40N4O.C45H28N4O/c1-3-16-42(17-4-1)65-68-66(46-19-13-18-43(37-46)44-29-33-55-53-25-10-9-23-51(53)52-24-11-12-26-54(52)57(55)38-44)70-67(69-65)47-30-34-56-62(40-47)72-61-28-14-27-50(64(56)61)45-32-35-59-58(39-45)63-49-22-8-7-15-41(49)31-36-60(63)71(59)48-20-5-2-6-21-48;1-4-13-29(14-5-1)43-46-44(30-15-6-2-7-16-30)48-45(47-43)32-24-26-37-41(28-32)50-40-22-12-20-34(42(37)40)31-23-25-36-35-19-10-11-21-38(35)49(39(36)27-31)33-17-8-3-9-18-33/h1-40H;1-28H. The third-order valence-electron chi connectivity index (χ3n) is 24.1. The van der Waals surface area contributed by atoms with Crippen LogP contribution in [0.25, 0.3) is 244 Å². The molecule has 0 aliphatic carbocycles. The quantitative estimate of drug-likeness (QED) is 0.118. The van der Waals surface area contributed by atoms with Gasteiger partial charge in [-0.2, -0.15) is 0 Å². The van der Waals surface area contributed by atoms with Crippen molar-refractivity contribution in [3.8, 4) is 113 Å². The molecule has 0 fully saturated rings. The van der Waals surface area contributed by atoms with Crippen LogP contribution in [0.1, 0.15) is 0 Å². The second kappa shape index (κ2) is 28.7. The molecule has 0 saturated heterocycles. The summed E-state index contributed by atoms with van der Waals surface area (Å²) in [6, 6.07) is 145. The van der Waals surface area contributed by atoms with Crippen molar-refractivity contribution >= 4 is 131 Å². The molecule has 19 aromatic carbocycles. The number of hydrogen-bond donors (Lipinski definition) is 0. The van der Waals surface area contributed by atoms with Gasteiger partial charge in [-0.25, -0.2) is 29.9 Å². The molecule has 0 saturated carbocycles. The van der Waals surface area contributed by atoms with E-state index in [0.717, 1.165) is 122 Å². The van der Waals surface area contributed by atoms with E-state index in [0.29, 0.717) is 34.9 Å². The fourth-order valence-corrected chi connectivity index (χ4v) is 18.4. The molecule has 10 heteroatoms. The van der Waals surface area contributed by atoms with Gasteiger partial charge in [0.25, 0.3) is 0 Å². The molecule has 0 aliphatic heterocycles. The first-order chi connectivity index (χ1) is 60.5. The molecule has 0 atom stereocenters. The second-order valence-corrected chi connectivity index (χ2v) is 31.1. The highest BCUT2D eigenvalue weighted by Gasteiger charge is 2.24. The zero-order valence-electron chi connectivity index (χ0n) is 65.7. The van der Waals surface area contributed by atoms with Crippen molar-refractivity contribution < 1.29 is 8.83 Å². The molecule has 0 amide bonds. The number of fused-ring (bicyclic) bond motifs is 20. The summed E-state index contributed by atoms with van der Waals surface area (Å²) in [5.41, 5.74) is 22.3. The highest BCUT2D eigenvalue weighted by atomic mass is 16.3. The lowest BCUT2D eigenvalue weighted by atomic mass is 9.92. The lowest BCUT2D eigenvalue weighted by molar-refractivity contribution is 0.668. The summed E-state index contributed by atoms with van der Waals surface area (Å²) >= 11 is 0. The van der Waals surface area contributed by atoms with Gasteiger partial charge in [0.2, 0.25) is 0 Å². The maximum absolute atomic E-state index is 6.75. The van der Waals surface area contributed by atoms with Gasteiger partial charge in [0, 0.05) is 87.8 Å². The largest absolute Gasteiger partial charge is 0.456 e. The van der Waals surface area contributed by atoms with Crippen molar-refractivity contribution in [3.63, 3.8) is 0 Å². The van der Waals surface area contributed by atoms with Gasteiger partial charge in [0.15, 0.2) is 34.9 Å². The Hall–Kier alpha value is -16.6. The van der Waals surface area contributed by atoms with Crippen molar-refractivity contribution in [3.05, 3.63) is 413 Å². The Morgan fingerprint density at radius 1 is 0.164 bits per heavy atom. The SMILES string of the molecule is c1ccc(-c2nc(-c3cccc(-c4ccc5c6ccccc6c6ccccc6c5c4)c3)nc(-c3ccc4c(c3)oc3cccc(-c5ccc6c(c5)c5c7ccccc7ccc5n6-c5ccccc5)c34)n2)cc1.c1ccc(-c2nc(-c3ccccc3)nc(-c3ccc4c(c3)oc3cccc(-c5ccc6c7ccccc7n(-c7ccccc7)c6c5)c34)n2)cc1. The first-order valence-electron chi connectivity index (χ1n) is 41.1. The highest BCUT2D eigenvalue weighted by Crippen LogP contribution is 2.46. The van der Waals surface area contributed by atoms with Gasteiger partial charge >= 0.3 is 0 Å². The average molecular weight is 1560 g/mol. The molecule has 122 heavy (non-hydrogen) atoms. The lowest BCUT2D eigenvalue weighted by Crippen LogP contribution is -2.00. The van der Waals surface area contributed by atoms with Gasteiger partial charge in [-0.3, -0.25) is 0 Å². The Morgan fingerprint density at radius 3 is 1.06 bits per heavy atom. The Labute approximate surface area is 699 Å². The summed E-state index contributed by atoms with van der Waals surface area (Å²) in [5.74, 6) is 3.63. The molecule has 25 rings (SSSR count). The third kappa shape index (κ3) is 11.8. The predicted molar refractivity (Wildman–Crippen MR) is 502 cm³/mol. The molecule has 0 aliphatic rings. The summed E-state index contributed by atoms with van der Waals surface area (Å²) in [7, 11) is 0. The summed E-state index contributed by atoms with van der Waals surface area (Å²) in [6.45, 7) is 0. The van der Waals surface area contributed by atoms with E-state index in [1.165, 1.54) is 86.7 Å². The average Bonchev–Trinajstić information content (AvgIpc) is 1.64. The summed E-state index contributed by atoms with van der Waals surface area (Å²) in [6.07, 6.45) is 0. The van der Waals surface area contributed by atoms with Crippen LogP contribution in [0.4, 0.5) is 0 Å². The van der Waals surface area contributed by atoms with Crippen LogP contribution in [-0.2, 0) is 0 Å². The normalized spacial score (nSPS) is 11.8. The van der Waals surface area contributed by atoms with Crippen LogP contribution in [0, 0.1) is 0 Å². The Kier molecular flexibility index (Phi) is 16.4. The Morgan fingerprint density at radius 2 is 0.508 bits per heavy atom. The minimum atomic E-state index is 0.573. The van der Waals surface area contributed by atoms with Gasteiger partial charge in [0.1, 0.15) is 22.3 Å². The molecular weight excluding hydrogens is 1490 g/mol. The molecule has 6 aromatic heterocycles. The van der Waals surface area contributed by atoms with Crippen LogP contribution in [0.2, 0.25) is 0 Å². The Balaban J connectivity index is 0.000000147. The van der Waals surface area contributed by atoms with Crippen LogP contribution < -0.4 is 0 Å². The van der Waals surface area contributed by atoms with Crippen molar-refractivity contribution in [2.75, 3.05) is 0 Å². The van der Waals surface area contributed by atoms with Crippen molar-refractivity contribution in [2.24, 2.45) is 0 Å². The van der Waals surface area contributed by atoms with Crippen LogP contribution in [-0.4, -0.2) is 39.0 Å². The first-order valence-corrected chi connectivity index (χ1v) is 41.1. The van der Waals surface area contributed by atoms with Crippen molar-refractivity contribution in [1.82, 2.24) is 39.0 Å². The van der Waals surface area contributed by atoms with E-state index in [1.54, 1.807) is 0 Å². The van der Waals surface area contributed by atoms with Crippen LogP contribution in [0.15, 0.2) is 421 Å². The second-order valence-electron chi connectivity index (χ2n) is 31.1. The number of furan rings is 2. The van der Waals surface area contributed by atoms with Crippen LogP contribution >= 0.6 is 0 Å². The van der Waals surface area contributed by atoms with Gasteiger partial charge in [-0.05, 0) is 180 Å². The molecule has 568 valence electrons. The number of hydrogen-bond acceptors (Lipinski definition) is 8. The summed E-state index contributed by atoms with van der Waals surface area (Å²) in [4.78, 5) is 30.2. The van der Waals surface area contributed by atoms with E-state index in [1.807, 2.05) is 97.1 Å².